The number of esters is 1. The number of rotatable bonds is 8. The summed E-state index contributed by atoms with van der Waals surface area (Å²) >= 11 is 0. The number of likely N-dealkylation sites (N-methyl/N-ethyl adjacent to an activating group) is 2. The van der Waals surface area contributed by atoms with Crippen molar-refractivity contribution in [2.75, 3.05) is 32.8 Å². The molecule has 0 fully saturated rings. The standard InChI is InChI=1S/C11H22N2O3/c1-4-12-10(14)9-13(5-2)8-7-11(15)16-6-3/h4-9H2,1-3H3,(H,12,14). The Hall–Kier alpha value is -1.10. The number of carbonyl (C=O) groups is 2. The smallest absolute Gasteiger partial charge is 0.307 e. The second-order valence-electron chi connectivity index (χ2n) is 3.38. The average Bonchev–Trinajstić information content (AvgIpc) is 2.25. The van der Waals surface area contributed by atoms with E-state index in [1.807, 2.05) is 18.7 Å². The van der Waals surface area contributed by atoms with Crippen LogP contribution in [0.3, 0.4) is 0 Å². The number of hydrogen-bond acceptors (Lipinski definition) is 4. The molecular weight excluding hydrogens is 208 g/mol. The number of amides is 1. The fourth-order valence-corrected chi connectivity index (χ4v) is 1.29. The predicted octanol–water partition coefficient (Wildman–Crippen LogP) is 0.398. The number of carbonyl (C=O) groups excluding carboxylic acids is 2. The van der Waals surface area contributed by atoms with E-state index in [1.54, 1.807) is 6.92 Å². The molecule has 0 rings (SSSR count). The predicted molar refractivity (Wildman–Crippen MR) is 62.0 cm³/mol. The second kappa shape index (κ2) is 9.15. The maximum Gasteiger partial charge on any atom is 0.307 e. The number of nitrogens with zero attached hydrogens (tertiary/aromatic N) is 1. The first kappa shape index (κ1) is 14.9. The van der Waals surface area contributed by atoms with Crippen LogP contribution in [0.4, 0.5) is 0 Å². The molecule has 1 amide bonds. The molecule has 0 aliphatic rings. The van der Waals surface area contributed by atoms with Gasteiger partial charge in [0, 0.05) is 13.1 Å². The van der Waals surface area contributed by atoms with Crippen LogP contribution in [-0.2, 0) is 14.3 Å². The summed E-state index contributed by atoms with van der Waals surface area (Å²) in [5.41, 5.74) is 0. The van der Waals surface area contributed by atoms with Gasteiger partial charge in [-0.05, 0) is 20.4 Å². The zero-order valence-corrected chi connectivity index (χ0v) is 10.4. The van der Waals surface area contributed by atoms with Gasteiger partial charge in [-0.25, -0.2) is 0 Å². The molecule has 0 spiro atoms. The normalized spacial score (nSPS) is 10.2. The average molecular weight is 230 g/mol. The van der Waals surface area contributed by atoms with E-state index in [4.69, 9.17) is 4.74 Å². The van der Waals surface area contributed by atoms with Crippen molar-refractivity contribution in [3.8, 4) is 0 Å². The van der Waals surface area contributed by atoms with Gasteiger partial charge in [-0.1, -0.05) is 6.92 Å². The Bertz CT molecular complexity index is 219. The number of ether oxygens (including phenoxy) is 1. The maximum absolute atomic E-state index is 11.3. The quantitative estimate of drug-likeness (QED) is 0.613. The first-order chi connectivity index (χ1) is 7.63. The van der Waals surface area contributed by atoms with Gasteiger partial charge in [-0.3, -0.25) is 14.5 Å². The van der Waals surface area contributed by atoms with Crippen LogP contribution in [0.5, 0.6) is 0 Å². The Labute approximate surface area is 97.1 Å². The lowest BCUT2D eigenvalue weighted by Crippen LogP contribution is -2.38. The molecule has 0 radical (unpaired) electrons. The molecule has 16 heavy (non-hydrogen) atoms. The first-order valence-corrected chi connectivity index (χ1v) is 5.78. The Morgan fingerprint density at radius 3 is 2.44 bits per heavy atom. The third kappa shape index (κ3) is 7.23. The highest BCUT2D eigenvalue weighted by molar-refractivity contribution is 5.78. The van der Waals surface area contributed by atoms with E-state index >= 15 is 0 Å². The summed E-state index contributed by atoms with van der Waals surface area (Å²) in [6.45, 7) is 8.31. The van der Waals surface area contributed by atoms with Crippen molar-refractivity contribution in [1.82, 2.24) is 10.2 Å². The van der Waals surface area contributed by atoms with E-state index in [0.717, 1.165) is 6.54 Å². The highest BCUT2D eigenvalue weighted by Gasteiger charge is 2.10. The molecule has 0 bridgehead atoms. The minimum absolute atomic E-state index is 0.00629. The fraction of sp³-hybridized carbons (Fsp3) is 0.818. The molecule has 94 valence electrons. The summed E-state index contributed by atoms with van der Waals surface area (Å²) in [5.74, 6) is -0.218. The van der Waals surface area contributed by atoms with Crippen LogP contribution in [0.15, 0.2) is 0 Å². The lowest BCUT2D eigenvalue weighted by molar-refractivity contribution is -0.143. The highest BCUT2D eigenvalue weighted by Crippen LogP contribution is 1.93. The first-order valence-electron chi connectivity index (χ1n) is 5.78. The summed E-state index contributed by atoms with van der Waals surface area (Å²) in [4.78, 5) is 24.4. The fourth-order valence-electron chi connectivity index (χ4n) is 1.29. The lowest BCUT2D eigenvalue weighted by atomic mass is 10.3. The highest BCUT2D eigenvalue weighted by atomic mass is 16.5. The van der Waals surface area contributed by atoms with Gasteiger partial charge in [0.1, 0.15) is 0 Å². The third-order valence-corrected chi connectivity index (χ3v) is 2.13. The molecule has 5 nitrogen and oxygen atoms in total. The van der Waals surface area contributed by atoms with Gasteiger partial charge >= 0.3 is 5.97 Å². The van der Waals surface area contributed by atoms with Crippen molar-refractivity contribution in [3.63, 3.8) is 0 Å². The van der Waals surface area contributed by atoms with Crippen molar-refractivity contribution in [3.05, 3.63) is 0 Å². The molecule has 0 saturated heterocycles. The van der Waals surface area contributed by atoms with Gasteiger partial charge in [-0.2, -0.15) is 0 Å². The molecule has 0 aromatic rings. The minimum atomic E-state index is -0.211. The summed E-state index contributed by atoms with van der Waals surface area (Å²) in [6, 6.07) is 0. The molecule has 1 N–H and O–H groups in total. The van der Waals surface area contributed by atoms with Crippen molar-refractivity contribution < 1.29 is 14.3 Å². The van der Waals surface area contributed by atoms with Crippen molar-refractivity contribution in [1.29, 1.82) is 0 Å². The molecule has 0 aromatic carbocycles. The molecule has 0 saturated carbocycles. The number of hydrogen-bond donors (Lipinski definition) is 1. The van der Waals surface area contributed by atoms with Gasteiger partial charge < -0.3 is 10.1 Å². The second-order valence-corrected chi connectivity index (χ2v) is 3.38. The summed E-state index contributed by atoms with van der Waals surface area (Å²) in [5, 5.41) is 2.73. The van der Waals surface area contributed by atoms with E-state index in [1.165, 1.54) is 0 Å². The zero-order chi connectivity index (χ0) is 12.4. The van der Waals surface area contributed by atoms with E-state index in [2.05, 4.69) is 5.32 Å². The Morgan fingerprint density at radius 1 is 1.25 bits per heavy atom. The van der Waals surface area contributed by atoms with Crippen LogP contribution in [0, 0.1) is 0 Å². The molecule has 0 aromatic heterocycles. The molecular formula is C11H22N2O3. The largest absolute Gasteiger partial charge is 0.466 e. The molecule has 0 aliphatic carbocycles. The number of nitrogens with one attached hydrogen (secondary N) is 1. The molecule has 0 atom stereocenters. The van der Waals surface area contributed by atoms with Crippen molar-refractivity contribution in [2.24, 2.45) is 0 Å². The van der Waals surface area contributed by atoms with Crippen LogP contribution in [-0.4, -0.2) is 49.6 Å². The van der Waals surface area contributed by atoms with Gasteiger partial charge in [0.05, 0.1) is 19.6 Å². The van der Waals surface area contributed by atoms with Gasteiger partial charge in [-0.15, -0.1) is 0 Å². The van der Waals surface area contributed by atoms with Crippen molar-refractivity contribution >= 4 is 11.9 Å². The van der Waals surface area contributed by atoms with E-state index < -0.39 is 0 Å². The Kier molecular flexibility index (Phi) is 8.52. The Morgan fingerprint density at radius 2 is 1.94 bits per heavy atom. The van der Waals surface area contributed by atoms with Crippen LogP contribution >= 0.6 is 0 Å². The van der Waals surface area contributed by atoms with Crippen LogP contribution < -0.4 is 5.32 Å². The van der Waals surface area contributed by atoms with Crippen molar-refractivity contribution in [2.45, 2.75) is 27.2 Å². The lowest BCUT2D eigenvalue weighted by Gasteiger charge is -2.18. The van der Waals surface area contributed by atoms with Crippen LogP contribution in [0.25, 0.3) is 0 Å². The molecule has 0 aliphatic heterocycles. The van der Waals surface area contributed by atoms with Crippen LogP contribution in [0.1, 0.15) is 27.2 Å². The topological polar surface area (TPSA) is 58.6 Å². The summed E-state index contributed by atoms with van der Waals surface area (Å²) < 4.78 is 4.82. The molecule has 0 unspecified atom stereocenters. The van der Waals surface area contributed by atoms with Gasteiger partial charge in [0.2, 0.25) is 5.91 Å². The van der Waals surface area contributed by atoms with Gasteiger partial charge in [0.25, 0.3) is 0 Å². The van der Waals surface area contributed by atoms with E-state index in [0.29, 0.717) is 32.7 Å². The third-order valence-electron chi connectivity index (χ3n) is 2.13. The molecule has 5 heteroatoms. The van der Waals surface area contributed by atoms with E-state index in [-0.39, 0.29) is 11.9 Å². The van der Waals surface area contributed by atoms with E-state index in [9.17, 15) is 9.59 Å². The molecule has 0 heterocycles. The zero-order valence-electron chi connectivity index (χ0n) is 10.4. The minimum Gasteiger partial charge on any atom is -0.466 e. The van der Waals surface area contributed by atoms with Gasteiger partial charge in [0.15, 0.2) is 0 Å². The summed E-state index contributed by atoms with van der Waals surface area (Å²) in [7, 11) is 0. The summed E-state index contributed by atoms with van der Waals surface area (Å²) in [6.07, 6.45) is 0.334. The maximum atomic E-state index is 11.3. The Balaban J connectivity index is 3.82. The monoisotopic (exact) mass is 230 g/mol. The SMILES string of the molecule is CCNC(=O)CN(CC)CCC(=O)OCC. The van der Waals surface area contributed by atoms with Crippen LogP contribution in [0.2, 0.25) is 0 Å².